The van der Waals surface area contributed by atoms with Gasteiger partial charge in [-0.3, -0.25) is 4.79 Å². The van der Waals surface area contributed by atoms with Gasteiger partial charge in [-0.25, -0.2) is 4.98 Å². The van der Waals surface area contributed by atoms with Crippen molar-refractivity contribution in [3.05, 3.63) is 24.3 Å². The molecule has 0 saturated carbocycles. The van der Waals surface area contributed by atoms with Gasteiger partial charge in [0.2, 0.25) is 11.8 Å². The smallest absolute Gasteiger partial charge is 0.300 e. The first-order valence-electron chi connectivity index (χ1n) is 8.65. The molecule has 1 saturated heterocycles. The molecule has 3 N–H and O–H groups in total. The van der Waals surface area contributed by atoms with Crippen LogP contribution < -0.4 is 15.0 Å². The SMILES string of the molecule is CC(=O)O.C[C@H](O)[C@H](C)Oc1nc(N2CCNCC2)nc2ccccc12. The molecule has 0 amide bonds. The van der Waals surface area contributed by atoms with Gasteiger partial charge in [-0.05, 0) is 26.0 Å². The standard InChI is InChI=1S/C16H22N4O2.C2H4O2/c1-11(21)12(2)22-15-13-5-3-4-6-14(13)18-16(19-15)20-9-7-17-8-10-20;1-2(3)4/h3-6,11-12,17,21H,7-10H2,1-2H3;1H3,(H,3,4)/t11-,12-;/m0./s1. The van der Waals surface area contributed by atoms with Crippen LogP contribution in [0.2, 0.25) is 0 Å². The number of aliphatic hydroxyl groups is 1. The lowest BCUT2D eigenvalue weighted by Gasteiger charge is -2.28. The number of hydrogen-bond donors (Lipinski definition) is 3. The van der Waals surface area contributed by atoms with E-state index in [0.717, 1.165) is 44.0 Å². The second-order valence-electron chi connectivity index (χ2n) is 6.17. The van der Waals surface area contributed by atoms with Gasteiger partial charge in [0.1, 0.15) is 6.10 Å². The van der Waals surface area contributed by atoms with Gasteiger partial charge in [-0.15, -0.1) is 0 Å². The third-order valence-corrected chi connectivity index (χ3v) is 3.93. The molecule has 142 valence electrons. The first kappa shape index (κ1) is 19.9. The van der Waals surface area contributed by atoms with Crippen molar-refractivity contribution in [3.8, 4) is 5.88 Å². The maximum Gasteiger partial charge on any atom is 0.300 e. The number of para-hydroxylation sites is 1. The molecule has 1 aliphatic heterocycles. The molecule has 1 aliphatic rings. The van der Waals surface area contributed by atoms with Crippen molar-refractivity contribution in [1.29, 1.82) is 0 Å². The number of aliphatic carboxylic acids is 1. The number of ether oxygens (including phenoxy) is 1. The van der Waals surface area contributed by atoms with E-state index in [-0.39, 0.29) is 6.10 Å². The van der Waals surface area contributed by atoms with Crippen molar-refractivity contribution in [2.45, 2.75) is 33.0 Å². The van der Waals surface area contributed by atoms with E-state index in [1.807, 2.05) is 31.2 Å². The van der Waals surface area contributed by atoms with E-state index in [9.17, 15) is 5.11 Å². The number of fused-ring (bicyclic) bond motifs is 1. The van der Waals surface area contributed by atoms with Gasteiger partial charge in [0.05, 0.1) is 17.0 Å². The lowest BCUT2D eigenvalue weighted by molar-refractivity contribution is -0.134. The molecule has 8 heteroatoms. The fourth-order valence-electron chi connectivity index (χ4n) is 2.41. The highest BCUT2D eigenvalue weighted by Gasteiger charge is 2.19. The number of benzene rings is 1. The number of aromatic nitrogens is 2. The molecule has 2 atom stereocenters. The molecule has 2 aromatic rings. The Morgan fingerprint density at radius 3 is 2.46 bits per heavy atom. The molecule has 26 heavy (non-hydrogen) atoms. The van der Waals surface area contributed by atoms with Crippen molar-refractivity contribution in [2.24, 2.45) is 0 Å². The van der Waals surface area contributed by atoms with Crippen molar-refractivity contribution in [1.82, 2.24) is 15.3 Å². The highest BCUT2D eigenvalue weighted by Crippen LogP contribution is 2.26. The predicted octanol–water partition coefficient (Wildman–Crippen LogP) is 1.28. The second kappa shape index (κ2) is 9.30. The van der Waals surface area contributed by atoms with Gasteiger partial charge in [0.15, 0.2) is 0 Å². The molecule has 0 spiro atoms. The van der Waals surface area contributed by atoms with Crippen LogP contribution in [-0.4, -0.2) is 64.5 Å². The molecule has 1 aromatic heterocycles. The zero-order chi connectivity index (χ0) is 19.1. The third kappa shape index (κ3) is 5.53. The molecule has 1 aromatic carbocycles. The molecular formula is C18H26N4O4. The van der Waals surface area contributed by atoms with Crippen LogP contribution in [0.5, 0.6) is 5.88 Å². The lowest BCUT2D eigenvalue weighted by Crippen LogP contribution is -2.44. The number of piperazine rings is 1. The number of nitrogens with one attached hydrogen (secondary N) is 1. The Bertz CT molecular complexity index is 728. The minimum atomic E-state index is -0.833. The average molecular weight is 362 g/mol. The summed E-state index contributed by atoms with van der Waals surface area (Å²) in [5.74, 6) is 0.389. The van der Waals surface area contributed by atoms with Crippen molar-refractivity contribution in [3.63, 3.8) is 0 Å². The van der Waals surface area contributed by atoms with Gasteiger partial charge in [-0.2, -0.15) is 4.98 Å². The van der Waals surface area contributed by atoms with Gasteiger partial charge < -0.3 is 25.2 Å². The van der Waals surface area contributed by atoms with Crippen LogP contribution >= 0.6 is 0 Å². The number of carbonyl (C=O) groups is 1. The summed E-state index contributed by atoms with van der Waals surface area (Å²) in [6, 6.07) is 7.80. The molecule has 3 rings (SSSR count). The zero-order valence-electron chi connectivity index (χ0n) is 15.3. The third-order valence-electron chi connectivity index (χ3n) is 3.93. The van der Waals surface area contributed by atoms with Crippen molar-refractivity contribution < 1.29 is 19.7 Å². The van der Waals surface area contributed by atoms with Crippen LogP contribution in [0.4, 0.5) is 5.95 Å². The minimum absolute atomic E-state index is 0.325. The first-order valence-corrected chi connectivity index (χ1v) is 8.65. The minimum Gasteiger partial charge on any atom is -0.481 e. The Morgan fingerprint density at radius 2 is 1.85 bits per heavy atom. The Hall–Kier alpha value is -2.45. The van der Waals surface area contributed by atoms with E-state index in [4.69, 9.17) is 14.6 Å². The number of carboxylic acid groups (broad SMARTS) is 1. The molecule has 0 bridgehead atoms. The molecule has 8 nitrogen and oxygen atoms in total. The van der Waals surface area contributed by atoms with E-state index in [1.54, 1.807) is 6.92 Å². The fourth-order valence-corrected chi connectivity index (χ4v) is 2.41. The van der Waals surface area contributed by atoms with Crippen LogP contribution in [0, 0.1) is 0 Å². The summed E-state index contributed by atoms with van der Waals surface area (Å²) in [4.78, 5) is 20.4. The number of nitrogens with zero attached hydrogens (tertiary/aromatic N) is 3. The number of anilines is 1. The number of hydrogen-bond acceptors (Lipinski definition) is 7. The molecule has 0 radical (unpaired) electrons. The highest BCUT2D eigenvalue weighted by molar-refractivity contribution is 5.84. The Labute approximate surface area is 152 Å². The lowest BCUT2D eigenvalue weighted by atomic mass is 10.2. The summed E-state index contributed by atoms with van der Waals surface area (Å²) in [6.45, 7) is 8.25. The van der Waals surface area contributed by atoms with Gasteiger partial charge >= 0.3 is 0 Å². The van der Waals surface area contributed by atoms with Gasteiger partial charge in [-0.1, -0.05) is 12.1 Å². The van der Waals surface area contributed by atoms with Crippen LogP contribution in [0.25, 0.3) is 10.9 Å². The van der Waals surface area contributed by atoms with E-state index in [2.05, 4.69) is 20.2 Å². The van der Waals surface area contributed by atoms with E-state index >= 15 is 0 Å². The molecule has 1 fully saturated rings. The summed E-state index contributed by atoms with van der Waals surface area (Å²) in [7, 11) is 0. The number of aliphatic hydroxyl groups excluding tert-OH is 1. The molecule has 0 aliphatic carbocycles. The fraction of sp³-hybridized carbons (Fsp3) is 0.500. The highest BCUT2D eigenvalue weighted by atomic mass is 16.5. The molecule has 2 heterocycles. The normalized spacial score (nSPS) is 16.4. The van der Waals surface area contributed by atoms with E-state index in [0.29, 0.717) is 11.8 Å². The second-order valence-corrected chi connectivity index (χ2v) is 6.17. The summed E-state index contributed by atoms with van der Waals surface area (Å²) < 4.78 is 5.88. The first-order chi connectivity index (χ1) is 12.4. The quantitative estimate of drug-likeness (QED) is 0.746. The van der Waals surface area contributed by atoms with E-state index in [1.165, 1.54) is 0 Å². The van der Waals surface area contributed by atoms with Crippen LogP contribution in [0.3, 0.4) is 0 Å². The van der Waals surface area contributed by atoms with Crippen molar-refractivity contribution in [2.75, 3.05) is 31.1 Å². The Morgan fingerprint density at radius 1 is 1.23 bits per heavy atom. The maximum absolute atomic E-state index is 9.69. The average Bonchev–Trinajstić information content (AvgIpc) is 2.61. The number of rotatable bonds is 4. The van der Waals surface area contributed by atoms with Crippen LogP contribution in [0.1, 0.15) is 20.8 Å². The van der Waals surface area contributed by atoms with Gasteiger partial charge in [0.25, 0.3) is 5.97 Å². The monoisotopic (exact) mass is 362 g/mol. The summed E-state index contributed by atoms with van der Waals surface area (Å²) >= 11 is 0. The van der Waals surface area contributed by atoms with Crippen molar-refractivity contribution >= 4 is 22.8 Å². The summed E-state index contributed by atoms with van der Waals surface area (Å²) in [5.41, 5.74) is 0.860. The summed E-state index contributed by atoms with van der Waals surface area (Å²) in [6.07, 6.45) is -0.884. The Kier molecular flexibility index (Phi) is 7.11. The summed E-state index contributed by atoms with van der Waals surface area (Å²) in [5, 5.41) is 21.3. The maximum atomic E-state index is 9.69. The Balaban J connectivity index is 0.000000552. The number of carboxylic acids is 1. The molecule has 0 unspecified atom stereocenters. The zero-order valence-corrected chi connectivity index (χ0v) is 15.3. The predicted molar refractivity (Wildman–Crippen MR) is 99.7 cm³/mol. The topological polar surface area (TPSA) is 108 Å². The van der Waals surface area contributed by atoms with Gasteiger partial charge in [0, 0.05) is 33.1 Å². The van der Waals surface area contributed by atoms with E-state index < -0.39 is 12.1 Å². The molecular weight excluding hydrogens is 336 g/mol. The van der Waals surface area contributed by atoms with Crippen LogP contribution in [-0.2, 0) is 4.79 Å². The van der Waals surface area contributed by atoms with Crippen LogP contribution in [0.15, 0.2) is 24.3 Å². The largest absolute Gasteiger partial charge is 0.481 e.